The fourth-order valence-electron chi connectivity index (χ4n) is 2.45. The average Bonchev–Trinajstić information content (AvgIpc) is 2.63. The van der Waals surface area contributed by atoms with Crippen LogP contribution in [0.5, 0.6) is 0 Å². The van der Waals surface area contributed by atoms with Gasteiger partial charge < -0.3 is 18.9 Å². The highest BCUT2D eigenvalue weighted by atomic mass is 16.6. The third-order valence-corrected chi connectivity index (χ3v) is 3.11. The van der Waals surface area contributed by atoms with Gasteiger partial charge in [-0.25, -0.2) is 0 Å². The smallest absolute Gasteiger partial charge is 0.303 e. The maximum atomic E-state index is 11.3. The van der Waals surface area contributed by atoms with Crippen LogP contribution in [0.2, 0.25) is 0 Å². The Hall–Kier alpha value is -2.12. The highest BCUT2D eigenvalue weighted by molar-refractivity contribution is 5.68. The van der Waals surface area contributed by atoms with Gasteiger partial charge in [0.25, 0.3) is 0 Å². The summed E-state index contributed by atoms with van der Waals surface area (Å²) < 4.78 is 20.4. The van der Waals surface area contributed by atoms with Gasteiger partial charge in [-0.3, -0.25) is 19.2 Å². The standard InChI is InChI=1S/C14H20O8/c1-7(15)19-6-11-5-12(20-8(2)16)14(22-10(4)18)13(11)21-9(3)17/h11-14H,5-6H2,1-4H3/t11-,12-,13-,14+/m1/s1. The zero-order valence-electron chi connectivity index (χ0n) is 13.0. The predicted octanol–water partition coefficient (Wildman–Crippen LogP) is 0.364. The maximum absolute atomic E-state index is 11.3. The highest BCUT2D eigenvalue weighted by Gasteiger charge is 2.50. The van der Waals surface area contributed by atoms with E-state index in [1.165, 1.54) is 27.7 Å². The van der Waals surface area contributed by atoms with Gasteiger partial charge in [-0.2, -0.15) is 0 Å². The minimum absolute atomic E-state index is 0.0250. The summed E-state index contributed by atoms with van der Waals surface area (Å²) in [4.78, 5) is 44.6. The molecule has 0 aromatic rings. The van der Waals surface area contributed by atoms with Crippen LogP contribution in [0.25, 0.3) is 0 Å². The second-order valence-corrected chi connectivity index (χ2v) is 5.09. The van der Waals surface area contributed by atoms with Crippen molar-refractivity contribution in [1.82, 2.24) is 0 Å². The SMILES string of the molecule is CC(=O)OC[C@H]1C[C@@H](OC(C)=O)[C@H](OC(C)=O)[C@@H]1OC(C)=O. The molecule has 1 rings (SSSR count). The zero-order valence-corrected chi connectivity index (χ0v) is 13.0. The summed E-state index contributed by atoms with van der Waals surface area (Å²) in [6, 6.07) is 0. The number of esters is 4. The third-order valence-electron chi connectivity index (χ3n) is 3.11. The van der Waals surface area contributed by atoms with Crippen molar-refractivity contribution in [2.24, 2.45) is 5.92 Å². The molecule has 124 valence electrons. The van der Waals surface area contributed by atoms with Crippen molar-refractivity contribution < 1.29 is 38.1 Å². The number of hydrogen-bond donors (Lipinski definition) is 0. The molecule has 4 atom stereocenters. The van der Waals surface area contributed by atoms with E-state index in [2.05, 4.69) is 0 Å². The lowest BCUT2D eigenvalue weighted by Gasteiger charge is -2.25. The Morgan fingerprint density at radius 2 is 1.27 bits per heavy atom. The van der Waals surface area contributed by atoms with Crippen LogP contribution in [0, 0.1) is 5.92 Å². The van der Waals surface area contributed by atoms with Crippen LogP contribution in [-0.4, -0.2) is 48.8 Å². The molecule has 0 amide bonds. The van der Waals surface area contributed by atoms with Crippen molar-refractivity contribution in [3.05, 3.63) is 0 Å². The van der Waals surface area contributed by atoms with Crippen LogP contribution in [0.15, 0.2) is 0 Å². The molecule has 1 aliphatic carbocycles. The van der Waals surface area contributed by atoms with E-state index in [-0.39, 0.29) is 13.0 Å². The van der Waals surface area contributed by atoms with Crippen LogP contribution < -0.4 is 0 Å². The molecule has 0 unspecified atom stereocenters. The van der Waals surface area contributed by atoms with Gasteiger partial charge in [0.15, 0.2) is 6.10 Å². The van der Waals surface area contributed by atoms with Crippen molar-refractivity contribution in [2.45, 2.75) is 52.4 Å². The van der Waals surface area contributed by atoms with Gasteiger partial charge in [-0.1, -0.05) is 0 Å². The first-order valence-electron chi connectivity index (χ1n) is 6.85. The van der Waals surface area contributed by atoms with E-state index in [0.717, 1.165) is 0 Å². The van der Waals surface area contributed by atoms with Crippen molar-refractivity contribution in [3.8, 4) is 0 Å². The molecule has 8 nitrogen and oxygen atoms in total. The Balaban J connectivity index is 2.94. The number of carbonyl (C=O) groups excluding carboxylic acids is 4. The predicted molar refractivity (Wildman–Crippen MR) is 71.4 cm³/mol. The van der Waals surface area contributed by atoms with E-state index in [0.29, 0.717) is 0 Å². The zero-order chi connectivity index (χ0) is 16.9. The Labute approximate surface area is 128 Å². The Bertz CT molecular complexity index is 458. The van der Waals surface area contributed by atoms with Gasteiger partial charge in [-0.15, -0.1) is 0 Å². The third kappa shape index (κ3) is 5.34. The molecular weight excluding hydrogens is 296 g/mol. The van der Waals surface area contributed by atoms with E-state index >= 15 is 0 Å². The molecule has 1 aliphatic rings. The second kappa shape index (κ2) is 7.77. The van der Waals surface area contributed by atoms with Crippen LogP contribution >= 0.6 is 0 Å². The molecule has 8 heteroatoms. The molecule has 0 aromatic heterocycles. The maximum Gasteiger partial charge on any atom is 0.303 e. The molecule has 0 spiro atoms. The minimum atomic E-state index is -0.925. The molecule has 0 saturated heterocycles. The number of rotatable bonds is 5. The van der Waals surface area contributed by atoms with Crippen LogP contribution in [-0.2, 0) is 38.1 Å². The number of hydrogen-bond acceptors (Lipinski definition) is 8. The molecule has 0 aromatic carbocycles. The van der Waals surface area contributed by atoms with E-state index in [1.54, 1.807) is 0 Å². The normalized spacial score (nSPS) is 26.9. The lowest BCUT2D eigenvalue weighted by Crippen LogP contribution is -2.40. The largest absolute Gasteiger partial charge is 0.465 e. The molecule has 0 heterocycles. The van der Waals surface area contributed by atoms with Crippen molar-refractivity contribution in [2.75, 3.05) is 6.61 Å². The molecule has 1 fully saturated rings. The quantitative estimate of drug-likeness (QED) is 0.529. The summed E-state index contributed by atoms with van der Waals surface area (Å²) in [5.74, 6) is -2.62. The second-order valence-electron chi connectivity index (χ2n) is 5.09. The van der Waals surface area contributed by atoms with Gasteiger partial charge in [0.05, 0.1) is 6.61 Å². The van der Waals surface area contributed by atoms with Crippen molar-refractivity contribution >= 4 is 23.9 Å². The van der Waals surface area contributed by atoms with Gasteiger partial charge in [-0.05, 0) is 6.42 Å². The number of carbonyl (C=O) groups is 4. The topological polar surface area (TPSA) is 105 Å². The summed E-state index contributed by atoms with van der Waals surface area (Å²) in [6.45, 7) is 4.87. The Morgan fingerprint density at radius 1 is 0.773 bits per heavy atom. The monoisotopic (exact) mass is 316 g/mol. The Kier molecular flexibility index (Phi) is 6.33. The van der Waals surface area contributed by atoms with Crippen LogP contribution in [0.4, 0.5) is 0 Å². The van der Waals surface area contributed by atoms with Gasteiger partial charge in [0.2, 0.25) is 0 Å². The van der Waals surface area contributed by atoms with Crippen molar-refractivity contribution in [1.29, 1.82) is 0 Å². The molecule has 1 saturated carbocycles. The summed E-state index contributed by atoms with van der Waals surface area (Å²) in [7, 11) is 0. The number of ether oxygens (including phenoxy) is 4. The molecular formula is C14H20O8. The van der Waals surface area contributed by atoms with E-state index in [4.69, 9.17) is 18.9 Å². The summed E-state index contributed by atoms with van der Waals surface area (Å²) in [5.41, 5.74) is 0. The first-order valence-corrected chi connectivity index (χ1v) is 6.85. The first kappa shape index (κ1) is 17.9. The summed E-state index contributed by atoms with van der Waals surface area (Å²) in [6.07, 6.45) is -2.27. The Morgan fingerprint density at radius 3 is 1.73 bits per heavy atom. The molecule has 22 heavy (non-hydrogen) atoms. The van der Waals surface area contributed by atoms with Gasteiger partial charge in [0.1, 0.15) is 12.2 Å². The van der Waals surface area contributed by atoms with Gasteiger partial charge in [0, 0.05) is 33.6 Å². The van der Waals surface area contributed by atoms with Crippen LogP contribution in [0.3, 0.4) is 0 Å². The summed E-state index contributed by atoms with van der Waals surface area (Å²) in [5, 5.41) is 0. The van der Waals surface area contributed by atoms with E-state index in [9.17, 15) is 19.2 Å². The van der Waals surface area contributed by atoms with Crippen molar-refractivity contribution in [3.63, 3.8) is 0 Å². The molecule has 0 aliphatic heterocycles. The molecule has 0 radical (unpaired) electrons. The highest BCUT2D eigenvalue weighted by Crippen LogP contribution is 2.34. The lowest BCUT2D eigenvalue weighted by molar-refractivity contribution is -0.176. The van der Waals surface area contributed by atoms with Gasteiger partial charge >= 0.3 is 23.9 Å². The van der Waals surface area contributed by atoms with E-state index in [1.807, 2.05) is 0 Å². The molecule has 0 N–H and O–H groups in total. The minimum Gasteiger partial charge on any atom is -0.465 e. The fraction of sp³-hybridized carbons (Fsp3) is 0.714. The first-order chi connectivity index (χ1) is 10.2. The average molecular weight is 316 g/mol. The summed E-state index contributed by atoms with van der Waals surface area (Å²) >= 11 is 0. The van der Waals surface area contributed by atoms with Crippen LogP contribution in [0.1, 0.15) is 34.1 Å². The van der Waals surface area contributed by atoms with E-state index < -0.39 is 48.1 Å². The molecule has 0 bridgehead atoms. The lowest BCUT2D eigenvalue weighted by atomic mass is 10.1. The fourth-order valence-corrected chi connectivity index (χ4v) is 2.45.